The number of anilines is 1. The van der Waals surface area contributed by atoms with Crippen molar-refractivity contribution in [3.8, 4) is 5.75 Å². The molecule has 2 aromatic carbocycles. The number of likely N-dealkylation sites (N-methyl/N-ethyl adjacent to an activating group) is 1. The maximum absolute atomic E-state index is 14.4. The van der Waals surface area contributed by atoms with Gasteiger partial charge < -0.3 is 30.0 Å². The molecule has 0 spiro atoms. The number of carbonyl (C=O) groups excluding carboxylic acids is 3. The molecule has 1 atom stereocenters. The van der Waals surface area contributed by atoms with Crippen LogP contribution in [0.4, 0.5) is 23.7 Å². The number of aromatic nitrogens is 2. The van der Waals surface area contributed by atoms with Gasteiger partial charge in [0.25, 0.3) is 5.56 Å². The Bertz CT molecular complexity index is 1810. The summed E-state index contributed by atoms with van der Waals surface area (Å²) in [5, 5.41) is 7.77. The summed E-state index contributed by atoms with van der Waals surface area (Å²) in [5.41, 5.74) is -0.314. The fraction of sp³-hybridized carbons (Fsp3) is 0.233. The van der Waals surface area contributed by atoms with Gasteiger partial charge in [0.15, 0.2) is 0 Å². The smallest absolute Gasteiger partial charge is 0.407 e. The Morgan fingerprint density at radius 1 is 1.11 bits per heavy atom. The molecular weight excluding hydrogens is 615 g/mol. The number of carbonyl (C=O) groups is 3. The van der Waals surface area contributed by atoms with Gasteiger partial charge in [0, 0.05) is 37.0 Å². The molecular formula is C30H28F3N5O6S. The van der Waals surface area contributed by atoms with Crippen LogP contribution in [0.3, 0.4) is 0 Å². The van der Waals surface area contributed by atoms with E-state index in [4.69, 9.17) is 4.74 Å². The summed E-state index contributed by atoms with van der Waals surface area (Å²) in [7, 11) is 2.61. The maximum Gasteiger partial charge on any atom is 0.407 e. The Labute approximate surface area is 258 Å². The summed E-state index contributed by atoms with van der Waals surface area (Å²) in [5.74, 6) is -3.10. The van der Waals surface area contributed by atoms with E-state index in [1.165, 1.54) is 54.2 Å². The minimum absolute atomic E-state index is 0.0380. The van der Waals surface area contributed by atoms with Crippen LogP contribution in [0.2, 0.25) is 0 Å². The number of nitrogens with zero attached hydrogens (tertiary/aromatic N) is 2. The average molecular weight is 644 g/mol. The number of fused-ring (bicyclic) bond motifs is 1. The number of amides is 3. The second-order valence-corrected chi connectivity index (χ2v) is 10.6. The number of allylic oxidation sites excluding steroid dienone is 1. The highest BCUT2D eigenvalue weighted by Gasteiger charge is 2.22. The average Bonchev–Trinajstić information content (AvgIpc) is 3.41. The number of methoxy groups -OCH3 is 1. The number of hydrogen-bond acceptors (Lipinski definition) is 8. The molecule has 0 aliphatic rings. The van der Waals surface area contributed by atoms with Gasteiger partial charge >= 0.3 is 6.09 Å². The van der Waals surface area contributed by atoms with Crippen molar-refractivity contribution >= 4 is 45.1 Å². The topological polar surface area (TPSA) is 141 Å². The van der Waals surface area contributed by atoms with E-state index >= 15 is 0 Å². The molecule has 15 heteroatoms. The third-order valence-electron chi connectivity index (χ3n) is 6.38. The molecule has 4 rings (SSSR count). The van der Waals surface area contributed by atoms with Gasteiger partial charge in [-0.2, -0.15) is 0 Å². The van der Waals surface area contributed by atoms with E-state index in [1.807, 2.05) is 0 Å². The van der Waals surface area contributed by atoms with Crippen LogP contribution in [-0.4, -0.2) is 47.7 Å². The lowest BCUT2D eigenvalue weighted by atomic mass is 10.1. The van der Waals surface area contributed by atoms with Crippen molar-refractivity contribution in [3.63, 3.8) is 0 Å². The summed E-state index contributed by atoms with van der Waals surface area (Å²) < 4.78 is 53.6. The van der Waals surface area contributed by atoms with E-state index in [0.717, 1.165) is 36.6 Å². The summed E-state index contributed by atoms with van der Waals surface area (Å²) >= 11 is 1.13. The number of nitrogens with one attached hydrogen (secondary N) is 3. The molecule has 0 aliphatic heterocycles. The highest BCUT2D eigenvalue weighted by atomic mass is 32.1. The van der Waals surface area contributed by atoms with Crippen LogP contribution < -0.4 is 26.2 Å². The van der Waals surface area contributed by atoms with E-state index < -0.39 is 41.1 Å². The first-order chi connectivity index (χ1) is 21.6. The van der Waals surface area contributed by atoms with E-state index in [2.05, 4.69) is 25.7 Å². The third kappa shape index (κ3) is 8.69. The van der Waals surface area contributed by atoms with Crippen molar-refractivity contribution in [1.82, 2.24) is 20.2 Å². The van der Waals surface area contributed by atoms with Gasteiger partial charge in [-0.25, -0.2) is 22.9 Å². The highest BCUT2D eigenvalue weighted by Crippen LogP contribution is 2.33. The van der Waals surface area contributed by atoms with Crippen molar-refractivity contribution < 1.29 is 37.0 Å². The van der Waals surface area contributed by atoms with Gasteiger partial charge in [0.1, 0.15) is 46.5 Å². The van der Waals surface area contributed by atoms with E-state index in [1.54, 1.807) is 0 Å². The van der Waals surface area contributed by atoms with Gasteiger partial charge in [-0.15, -0.1) is 11.3 Å². The molecule has 45 heavy (non-hydrogen) atoms. The van der Waals surface area contributed by atoms with Crippen molar-refractivity contribution in [2.45, 2.75) is 32.0 Å². The zero-order valence-corrected chi connectivity index (χ0v) is 24.9. The van der Waals surface area contributed by atoms with Crippen LogP contribution in [0.25, 0.3) is 10.2 Å². The number of pyridine rings is 1. The maximum atomic E-state index is 14.4. The molecule has 2 heterocycles. The molecule has 2 aromatic heterocycles. The van der Waals surface area contributed by atoms with Gasteiger partial charge in [-0.1, -0.05) is 6.08 Å². The van der Waals surface area contributed by atoms with Gasteiger partial charge in [-0.05, 0) is 43.2 Å². The Hall–Kier alpha value is -5.18. The fourth-order valence-corrected chi connectivity index (χ4v) is 5.12. The molecule has 0 aliphatic carbocycles. The molecule has 3 N–H and O–H groups in total. The van der Waals surface area contributed by atoms with Gasteiger partial charge in [-0.3, -0.25) is 14.4 Å². The standard InChI is InChI=1S/C30H28F3N5O6S/c1-34-25(39)8-4-3-6-21(37-30(42)43-2)28(40)36-22-7-5-11-38(29(22)41)15-26-35-23-13-19(32)14-24(27(23)45-26)44-16-17-9-10-18(31)12-20(17)33/h4-5,7-14,21H,3,6,15-16H2,1-2H3,(H,34,39)(H,36,40)(H,37,42). The van der Waals surface area contributed by atoms with Crippen LogP contribution in [0, 0.1) is 17.5 Å². The van der Waals surface area contributed by atoms with Crippen molar-refractivity contribution in [3.05, 3.63) is 99.2 Å². The lowest BCUT2D eigenvalue weighted by Crippen LogP contribution is -2.44. The molecule has 0 fully saturated rings. The van der Waals surface area contributed by atoms with E-state index in [9.17, 15) is 32.3 Å². The number of hydrogen-bond donors (Lipinski definition) is 3. The van der Waals surface area contributed by atoms with Gasteiger partial charge in [0.05, 0.1) is 23.9 Å². The molecule has 1 unspecified atom stereocenters. The quantitative estimate of drug-likeness (QED) is 0.196. The fourth-order valence-electron chi connectivity index (χ4n) is 4.11. The Kier molecular flexibility index (Phi) is 10.9. The van der Waals surface area contributed by atoms with E-state index in [-0.39, 0.29) is 54.4 Å². The SMILES string of the molecule is CNC(=O)C=CCCC(NC(=O)OC)C(=O)Nc1cccn(Cc2nc3cc(F)cc(OCc4ccc(F)cc4F)c3s2)c1=O. The number of alkyl carbamates (subject to hydrolysis) is 1. The van der Waals surface area contributed by atoms with Crippen LogP contribution in [-0.2, 0) is 27.5 Å². The normalized spacial score (nSPS) is 11.8. The van der Waals surface area contributed by atoms with Crippen molar-refractivity contribution in [2.75, 3.05) is 19.5 Å². The lowest BCUT2D eigenvalue weighted by molar-refractivity contribution is -0.118. The number of thiazole rings is 1. The number of rotatable bonds is 12. The zero-order valence-electron chi connectivity index (χ0n) is 24.1. The summed E-state index contributed by atoms with van der Waals surface area (Å²) in [4.78, 5) is 53.9. The predicted octanol–water partition coefficient (Wildman–Crippen LogP) is 4.25. The Morgan fingerprint density at radius 2 is 1.91 bits per heavy atom. The molecule has 4 aromatic rings. The van der Waals surface area contributed by atoms with E-state index in [0.29, 0.717) is 9.71 Å². The minimum atomic E-state index is -1.08. The largest absolute Gasteiger partial charge is 0.487 e. The third-order valence-corrected chi connectivity index (χ3v) is 7.45. The second-order valence-electron chi connectivity index (χ2n) is 9.51. The molecule has 0 bridgehead atoms. The Morgan fingerprint density at radius 3 is 2.64 bits per heavy atom. The summed E-state index contributed by atoms with van der Waals surface area (Å²) in [6, 6.07) is 7.21. The first-order valence-electron chi connectivity index (χ1n) is 13.5. The second kappa shape index (κ2) is 15.0. The van der Waals surface area contributed by atoms with Crippen LogP contribution >= 0.6 is 11.3 Å². The molecule has 0 saturated heterocycles. The van der Waals surface area contributed by atoms with Gasteiger partial charge in [0.2, 0.25) is 11.8 Å². The number of halogens is 3. The minimum Gasteiger partial charge on any atom is -0.487 e. The van der Waals surface area contributed by atoms with Crippen molar-refractivity contribution in [2.24, 2.45) is 0 Å². The summed E-state index contributed by atoms with van der Waals surface area (Å²) in [6.45, 7) is -0.320. The van der Waals surface area contributed by atoms with Crippen LogP contribution in [0.15, 0.2) is 65.6 Å². The highest BCUT2D eigenvalue weighted by molar-refractivity contribution is 7.19. The Balaban J connectivity index is 1.50. The molecule has 3 amide bonds. The molecule has 11 nitrogen and oxygen atoms in total. The van der Waals surface area contributed by atoms with Crippen LogP contribution in [0.5, 0.6) is 5.75 Å². The number of benzene rings is 2. The molecule has 0 radical (unpaired) electrons. The first-order valence-corrected chi connectivity index (χ1v) is 14.3. The first kappa shape index (κ1) is 32.7. The summed E-state index contributed by atoms with van der Waals surface area (Å²) in [6.07, 6.45) is 3.82. The lowest BCUT2D eigenvalue weighted by Gasteiger charge is -2.17. The van der Waals surface area contributed by atoms with Crippen LogP contribution in [0.1, 0.15) is 23.4 Å². The monoisotopic (exact) mass is 643 g/mol. The molecule has 236 valence electrons. The number of ether oxygens (including phenoxy) is 2. The van der Waals surface area contributed by atoms with Crippen molar-refractivity contribution in [1.29, 1.82) is 0 Å². The predicted molar refractivity (Wildman–Crippen MR) is 160 cm³/mol. The molecule has 0 saturated carbocycles. The zero-order chi connectivity index (χ0) is 32.5.